The zero-order valence-electron chi connectivity index (χ0n) is 16.7. The summed E-state index contributed by atoms with van der Waals surface area (Å²) in [5.41, 5.74) is 0.374. The Bertz CT molecular complexity index is 896. The highest BCUT2D eigenvalue weighted by atomic mass is 19.4. The number of alkyl halides is 3. The van der Waals surface area contributed by atoms with Crippen molar-refractivity contribution >= 4 is 17.3 Å². The van der Waals surface area contributed by atoms with Gasteiger partial charge in [-0.1, -0.05) is 0 Å². The zero-order valence-corrected chi connectivity index (χ0v) is 16.7. The number of nitrogens with one attached hydrogen (secondary N) is 1. The average molecular weight is 424 g/mol. The van der Waals surface area contributed by atoms with Gasteiger partial charge in [0.2, 0.25) is 5.91 Å². The predicted octanol–water partition coefficient (Wildman–Crippen LogP) is 3.74. The summed E-state index contributed by atoms with van der Waals surface area (Å²) in [6, 6.07) is 8.40. The van der Waals surface area contributed by atoms with Gasteiger partial charge in [-0.2, -0.15) is 13.2 Å². The monoisotopic (exact) mass is 424 g/mol. The van der Waals surface area contributed by atoms with Crippen molar-refractivity contribution in [3.63, 3.8) is 0 Å². The number of rotatable bonds is 6. The molecular formula is C21H23F3N2O4. The standard InChI is InChI=1S/C21H23F3N2O4/c1-28-16-4-6-19(29-2)14(11-16)12-20(27)25-17-13-15(21(22,23)24)3-5-18(17)26-7-9-30-10-8-26/h3-6,11,13H,7-10,12H2,1-2H3,(H,25,27). The third-order valence-electron chi connectivity index (χ3n) is 4.79. The van der Waals surface area contributed by atoms with Gasteiger partial charge in [0, 0.05) is 18.7 Å². The maximum Gasteiger partial charge on any atom is 0.416 e. The van der Waals surface area contributed by atoms with Crippen LogP contribution in [-0.4, -0.2) is 46.4 Å². The summed E-state index contributed by atoms with van der Waals surface area (Å²) in [6.45, 7) is 1.99. The Morgan fingerprint density at radius 2 is 1.83 bits per heavy atom. The molecule has 0 aliphatic carbocycles. The highest BCUT2D eigenvalue weighted by Gasteiger charge is 2.32. The number of amides is 1. The van der Waals surface area contributed by atoms with Crippen molar-refractivity contribution < 1.29 is 32.2 Å². The molecule has 1 amide bonds. The molecule has 1 heterocycles. The lowest BCUT2D eigenvalue weighted by Crippen LogP contribution is -2.37. The molecule has 0 bridgehead atoms. The van der Waals surface area contributed by atoms with Crippen LogP contribution in [0.15, 0.2) is 36.4 Å². The number of carbonyl (C=O) groups is 1. The van der Waals surface area contributed by atoms with Crippen molar-refractivity contribution in [2.45, 2.75) is 12.6 Å². The number of anilines is 2. The Balaban J connectivity index is 1.87. The van der Waals surface area contributed by atoms with Crippen LogP contribution >= 0.6 is 0 Å². The van der Waals surface area contributed by atoms with E-state index < -0.39 is 17.6 Å². The van der Waals surface area contributed by atoms with E-state index >= 15 is 0 Å². The first-order valence-electron chi connectivity index (χ1n) is 9.36. The number of halogens is 3. The molecule has 0 radical (unpaired) electrons. The van der Waals surface area contributed by atoms with E-state index in [0.29, 0.717) is 49.1 Å². The number of hydrogen-bond donors (Lipinski definition) is 1. The smallest absolute Gasteiger partial charge is 0.416 e. The third-order valence-corrected chi connectivity index (χ3v) is 4.79. The highest BCUT2D eigenvalue weighted by Crippen LogP contribution is 2.36. The van der Waals surface area contributed by atoms with E-state index in [4.69, 9.17) is 14.2 Å². The second-order valence-corrected chi connectivity index (χ2v) is 6.73. The number of ether oxygens (including phenoxy) is 3. The first kappa shape index (κ1) is 21.8. The van der Waals surface area contributed by atoms with E-state index in [-0.39, 0.29) is 12.1 Å². The fourth-order valence-electron chi connectivity index (χ4n) is 3.28. The summed E-state index contributed by atoms with van der Waals surface area (Å²) >= 11 is 0. The molecule has 0 saturated carbocycles. The van der Waals surface area contributed by atoms with Crippen LogP contribution in [0.25, 0.3) is 0 Å². The van der Waals surface area contributed by atoms with E-state index in [1.54, 1.807) is 18.2 Å². The van der Waals surface area contributed by atoms with Crippen LogP contribution in [0, 0.1) is 0 Å². The molecular weight excluding hydrogens is 401 g/mol. The van der Waals surface area contributed by atoms with Crippen LogP contribution < -0.4 is 19.7 Å². The Hall–Kier alpha value is -2.94. The minimum absolute atomic E-state index is 0.0842. The number of nitrogens with zero attached hydrogens (tertiary/aromatic N) is 1. The molecule has 1 aliphatic heterocycles. The molecule has 1 fully saturated rings. The lowest BCUT2D eigenvalue weighted by Gasteiger charge is -2.31. The molecule has 162 valence electrons. The Kier molecular flexibility index (Phi) is 6.71. The largest absolute Gasteiger partial charge is 0.497 e. The Morgan fingerprint density at radius 1 is 1.10 bits per heavy atom. The Labute approximate surface area is 172 Å². The molecule has 0 atom stereocenters. The number of methoxy groups -OCH3 is 2. The van der Waals surface area contributed by atoms with Crippen LogP contribution in [-0.2, 0) is 22.1 Å². The Morgan fingerprint density at radius 3 is 2.47 bits per heavy atom. The molecule has 0 unspecified atom stereocenters. The van der Waals surface area contributed by atoms with Gasteiger partial charge in [-0.05, 0) is 36.4 Å². The van der Waals surface area contributed by atoms with Gasteiger partial charge in [-0.15, -0.1) is 0 Å². The van der Waals surface area contributed by atoms with Gasteiger partial charge in [0.05, 0.1) is 50.8 Å². The van der Waals surface area contributed by atoms with E-state index in [2.05, 4.69) is 5.32 Å². The van der Waals surface area contributed by atoms with Crippen LogP contribution in [0.2, 0.25) is 0 Å². The summed E-state index contributed by atoms with van der Waals surface area (Å²) in [5, 5.41) is 2.64. The second-order valence-electron chi connectivity index (χ2n) is 6.73. The molecule has 9 heteroatoms. The van der Waals surface area contributed by atoms with Crippen molar-refractivity contribution in [3.8, 4) is 11.5 Å². The quantitative estimate of drug-likeness (QED) is 0.766. The van der Waals surface area contributed by atoms with Crippen molar-refractivity contribution in [1.82, 2.24) is 0 Å². The highest BCUT2D eigenvalue weighted by molar-refractivity contribution is 5.96. The maximum atomic E-state index is 13.2. The fraction of sp³-hybridized carbons (Fsp3) is 0.381. The zero-order chi connectivity index (χ0) is 21.7. The first-order chi connectivity index (χ1) is 14.3. The van der Waals surface area contributed by atoms with Crippen molar-refractivity contribution in [1.29, 1.82) is 0 Å². The lowest BCUT2D eigenvalue weighted by molar-refractivity contribution is -0.137. The first-order valence-corrected chi connectivity index (χ1v) is 9.36. The minimum atomic E-state index is -4.51. The summed E-state index contributed by atoms with van der Waals surface area (Å²) in [7, 11) is 2.98. The summed E-state index contributed by atoms with van der Waals surface area (Å²) < 4.78 is 55.5. The average Bonchev–Trinajstić information content (AvgIpc) is 2.73. The number of morpholine rings is 1. The SMILES string of the molecule is COc1ccc(OC)c(CC(=O)Nc2cc(C(F)(F)F)ccc2N2CCOCC2)c1. The molecule has 0 spiro atoms. The molecule has 2 aromatic carbocycles. The molecule has 30 heavy (non-hydrogen) atoms. The van der Waals surface area contributed by atoms with Crippen molar-refractivity contribution in [2.24, 2.45) is 0 Å². The van der Waals surface area contributed by atoms with Gasteiger partial charge in [0.1, 0.15) is 11.5 Å². The molecule has 1 saturated heterocycles. The van der Waals surface area contributed by atoms with E-state index in [0.717, 1.165) is 12.1 Å². The number of carbonyl (C=O) groups excluding carboxylic acids is 1. The molecule has 3 rings (SSSR count). The normalized spacial score (nSPS) is 14.4. The maximum absolute atomic E-state index is 13.2. The van der Waals surface area contributed by atoms with E-state index in [1.165, 1.54) is 20.3 Å². The predicted molar refractivity (Wildman–Crippen MR) is 106 cm³/mol. The van der Waals surface area contributed by atoms with E-state index in [9.17, 15) is 18.0 Å². The van der Waals surface area contributed by atoms with Gasteiger partial charge in [-0.3, -0.25) is 4.79 Å². The van der Waals surface area contributed by atoms with Crippen LogP contribution in [0.4, 0.5) is 24.5 Å². The second kappa shape index (κ2) is 9.25. The lowest BCUT2D eigenvalue weighted by atomic mass is 10.1. The molecule has 2 aromatic rings. The van der Waals surface area contributed by atoms with Gasteiger partial charge in [0.15, 0.2) is 0 Å². The molecule has 6 nitrogen and oxygen atoms in total. The van der Waals surface area contributed by atoms with Gasteiger partial charge in [0.25, 0.3) is 0 Å². The summed E-state index contributed by atoms with van der Waals surface area (Å²) in [4.78, 5) is 14.6. The molecule has 0 aromatic heterocycles. The van der Waals surface area contributed by atoms with Gasteiger partial charge >= 0.3 is 6.18 Å². The summed E-state index contributed by atoms with van der Waals surface area (Å²) in [6.07, 6.45) is -4.60. The molecule has 1 aliphatic rings. The van der Waals surface area contributed by atoms with Crippen molar-refractivity contribution in [3.05, 3.63) is 47.5 Å². The number of benzene rings is 2. The topological polar surface area (TPSA) is 60.0 Å². The summed E-state index contributed by atoms with van der Waals surface area (Å²) in [5.74, 6) is 0.574. The van der Waals surface area contributed by atoms with Crippen LogP contribution in [0.1, 0.15) is 11.1 Å². The van der Waals surface area contributed by atoms with Crippen molar-refractivity contribution in [2.75, 3.05) is 50.7 Å². The van der Waals surface area contributed by atoms with Crippen LogP contribution in [0.5, 0.6) is 11.5 Å². The fourth-order valence-corrected chi connectivity index (χ4v) is 3.28. The molecule has 1 N–H and O–H groups in total. The minimum Gasteiger partial charge on any atom is -0.497 e. The number of hydrogen-bond acceptors (Lipinski definition) is 5. The van der Waals surface area contributed by atoms with Crippen LogP contribution in [0.3, 0.4) is 0 Å². The van der Waals surface area contributed by atoms with Gasteiger partial charge in [-0.25, -0.2) is 0 Å². The van der Waals surface area contributed by atoms with E-state index in [1.807, 2.05) is 4.90 Å². The third kappa shape index (κ3) is 5.15. The van der Waals surface area contributed by atoms with Gasteiger partial charge < -0.3 is 24.4 Å².